The minimum atomic E-state index is -4.47. The molecule has 1 N–H and O–H groups in total. The molecule has 1 rings (SSSR count). The molecular weight excluding hydrogens is 297 g/mol. The Labute approximate surface area is 126 Å². The van der Waals surface area contributed by atoms with Crippen molar-refractivity contribution in [1.29, 1.82) is 5.26 Å². The molecule has 120 valence electrons. The Morgan fingerprint density at radius 3 is 2.45 bits per heavy atom. The maximum absolute atomic E-state index is 11.9. The van der Waals surface area contributed by atoms with Crippen LogP contribution < -0.4 is 5.32 Å². The van der Waals surface area contributed by atoms with Crippen LogP contribution in [0.4, 0.5) is 18.9 Å². The summed E-state index contributed by atoms with van der Waals surface area (Å²) in [6, 6.07) is 6.74. The molecule has 22 heavy (non-hydrogen) atoms. The summed E-state index contributed by atoms with van der Waals surface area (Å²) in [6.45, 7) is 3.54. The maximum Gasteiger partial charge on any atom is 0.411 e. The van der Waals surface area contributed by atoms with Crippen LogP contribution >= 0.6 is 0 Å². The minimum absolute atomic E-state index is 0.345. The fraction of sp³-hybridized carbons (Fsp3) is 0.467. The number of nitrogens with zero attached hydrogens (tertiary/aromatic N) is 1. The van der Waals surface area contributed by atoms with E-state index in [0.29, 0.717) is 11.3 Å². The number of alkyl halides is 3. The molecule has 0 spiro atoms. The second-order valence-electron chi connectivity index (χ2n) is 5.78. The minimum Gasteiger partial charge on any atom is -0.362 e. The Kier molecular flexibility index (Phi) is 5.55. The first-order valence-corrected chi connectivity index (χ1v) is 6.52. The summed E-state index contributed by atoms with van der Waals surface area (Å²) in [7, 11) is 0. The molecule has 0 aliphatic heterocycles. The molecule has 0 bridgehead atoms. The van der Waals surface area contributed by atoms with Crippen molar-refractivity contribution in [3.8, 4) is 6.07 Å². The van der Waals surface area contributed by atoms with E-state index in [1.54, 1.807) is 12.1 Å². The molecule has 0 aromatic heterocycles. The van der Waals surface area contributed by atoms with Gasteiger partial charge in [-0.3, -0.25) is 4.79 Å². The summed E-state index contributed by atoms with van der Waals surface area (Å²) in [5.74, 6) is -0.681. The van der Waals surface area contributed by atoms with Crippen molar-refractivity contribution in [3.05, 3.63) is 29.3 Å². The van der Waals surface area contributed by atoms with Crippen LogP contribution in [0.15, 0.2) is 18.2 Å². The van der Waals surface area contributed by atoms with Crippen molar-refractivity contribution in [1.82, 2.24) is 0 Å². The Morgan fingerprint density at radius 2 is 1.95 bits per heavy atom. The van der Waals surface area contributed by atoms with E-state index in [1.807, 2.05) is 26.8 Å². The van der Waals surface area contributed by atoms with E-state index in [0.717, 1.165) is 5.56 Å². The van der Waals surface area contributed by atoms with Gasteiger partial charge in [0.05, 0.1) is 11.6 Å². The number of nitriles is 1. The summed E-state index contributed by atoms with van der Waals surface area (Å²) in [4.78, 5) is 11.7. The lowest BCUT2D eigenvalue weighted by molar-refractivity contribution is -0.174. The largest absolute Gasteiger partial charge is 0.411 e. The maximum atomic E-state index is 11.9. The average molecular weight is 314 g/mol. The second kappa shape index (κ2) is 6.79. The van der Waals surface area contributed by atoms with Gasteiger partial charge in [-0.05, 0) is 29.2 Å². The van der Waals surface area contributed by atoms with E-state index >= 15 is 0 Å². The van der Waals surface area contributed by atoms with E-state index in [-0.39, 0.29) is 5.41 Å². The molecule has 0 fully saturated rings. The van der Waals surface area contributed by atoms with Crippen molar-refractivity contribution in [2.24, 2.45) is 0 Å². The Balaban J connectivity index is 2.81. The van der Waals surface area contributed by atoms with Gasteiger partial charge in [-0.25, -0.2) is 0 Å². The zero-order valence-electron chi connectivity index (χ0n) is 12.5. The third kappa shape index (κ3) is 5.74. The highest BCUT2D eigenvalue weighted by Crippen LogP contribution is 2.30. The number of halogens is 3. The van der Waals surface area contributed by atoms with Gasteiger partial charge in [0, 0.05) is 5.69 Å². The van der Waals surface area contributed by atoms with E-state index in [2.05, 4.69) is 10.1 Å². The third-order valence-electron chi connectivity index (χ3n) is 2.73. The van der Waals surface area contributed by atoms with Crippen LogP contribution in [0.25, 0.3) is 0 Å². The van der Waals surface area contributed by atoms with Gasteiger partial charge in [-0.1, -0.05) is 20.8 Å². The fourth-order valence-electron chi connectivity index (χ4n) is 1.79. The molecule has 0 unspecified atom stereocenters. The van der Waals surface area contributed by atoms with Crippen molar-refractivity contribution in [2.45, 2.75) is 32.4 Å². The number of nitrogens with one attached hydrogen (secondary N) is 1. The quantitative estimate of drug-likeness (QED) is 0.927. The van der Waals surface area contributed by atoms with Crippen LogP contribution in [0.1, 0.15) is 31.9 Å². The van der Waals surface area contributed by atoms with Crippen LogP contribution in [-0.2, 0) is 14.9 Å². The molecule has 1 aromatic carbocycles. The molecule has 1 amide bonds. The molecule has 0 atom stereocenters. The standard InChI is InChI=1S/C15H17F3N2O2/c1-14(2,3)11-6-10(7-19)4-5-12(11)20-13(21)8-22-9-15(16,17)18/h4-6H,8-9H2,1-3H3,(H,20,21). The molecule has 1 aromatic rings. The number of hydrogen-bond donors (Lipinski definition) is 1. The molecular formula is C15H17F3N2O2. The number of carbonyl (C=O) groups excluding carboxylic acids is 1. The van der Waals surface area contributed by atoms with Crippen LogP contribution in [0.5, 0.6) is 0 Å². The van der Waals surface area contributed by atoms with Gasteiger partial charge in [-0.15, -0.1) is 0 Å². The first-order valence-electron chi connectivity index (χ1n) is 6.52. The van der Waals surface area contributed by atoms with Crippen molar-refractivity contribution >= 4 is 11.6 Å². The lowest BCUT2D eigenvalue weighted by Crippen LogP contribution is -2.25. The van der Waals surface area contributed by atoms with Gasteiger partial charge < -0.3 is 10.1 Å². The van der Waals surface area contributed by atoms with E-state index < -0.39 is 25.3 Å². The van der Waals surface area contributed by atoms with Crippen LogP contribution in [0.3, 0.4) is 0 Å². The van der Waals surface area contributed by atoms with Crippen molar-refractivity contribution in [3.63, 3.8) is 0 Å². The topological polar surface area (TPSA) is 62.1 Å². The lowest BCUT2D eigenvalue weighted by atomic mass is 9.85. The second-order valence-corrected chi connectivity index (χ2v) is 5.78. The zero-order chi connectivity index (χ0) is 17.0. The smallest absolute Gasteiger partial charge is 0.362 e. The van der Waals surface area contributed by atoms with Gasteiger partial charge in [-0.2, -0.15) is 18.4 Å². The molecule has 0 aliphatic carbocycles. The van der Waals surface area contributed by atoms with Gasteiger partial charge in [0.15, 0.2) is 0 Å². The summed E-state index contributed by atoms with van der Waals surface area (Å²) in [6.07, 6.45) is -4.47. The molecule has 7 heteroatoms. The van der Waals surface area contributed by atoms with Crippen LogP contribution in [0, 0.1) is 11.3 Å². The summed E-state index contributed by atoms with van der Waals surface area (Å²) < 4.78 is 40.2. The van der Waals surface area contributed by atoms with Crippen molar-refractivity contribution < 1.29 is 22.7 Å². The third-order valence-corrected chi connectivity index (χ3v) is 2.73. The summed E-state index contributed by atoms with van der Waals surface area (Å²) >= 11 is 0. The Bertz CT molecular complexity index is 584. The highest BCUT2D eigenvalue weighted by atomic mass is 19.4. The predicted octanol–water partition coefficient (Wildman–Crippen LogP) is 3.37. The van der Waals surface area contributed by atoms with E-state index in [4.69, 9.17) is 5.26 Å². The van der Waals surface area contributed by atoms with Gasteiger partial charge in [0.25, 0.3) is 0 Å². The molecule has 0 saturated heterocycles. The number of carbonyl (C=O) groups is 1. The molecule has 0 saturated carbocycles. The summed E-state index contributed by atoms with van der Waals surface area (Å²) in [5, 5.41) is 11.4. The molecule has 0 aliphatic rings. The van der Waals surface area contributed by atoms with Gasteiger partial charge in [0.2, 0.25) is 5.91 Å². The molecule has 0 radical (unpaired) electrons. The number of ether oxygens (including phenoxy) is 1. The number of hydrogen-bond acceptors (Lipinski definition) is 3. The predicted molar refractivity (Wildman–Crippen MR) is 75.4 cm³/mol. The number of amides is 1. The van der Waals surface area contributed by atoms with Crippen LogP contribution in [0.2, 0.25) is 0 Å². The lowest BCUT2D eigenvalue weighted by Gasteiger charge is -2.23. The zero-order valence-corrected chi connectivity index (χ0v) is 12.5. The Morgan fingerprint density at radius 1 is 1.32 bits per heavy atom. The first-order chi connectivity index (χ1) is 10.0. The van der Waals surface area contributed by atoms with Crippen molar-refractivity contribution in [2.75, 3.05) is 18.5 Å². The normalized spacial score (nSPS) is 11.9. The monoisotopic (exact) mass is 314 g/mol. The number of anilines is 1. The highest BCUT2D eigenvalue weighted by Gasteiger charge is 2.28. The Hall–Kier alpha value is -2.07. The number of rotatable bonds is 4. The average Bonchev–Trinajstić information content (AvgIpc) is 2.36. The van der Waals surface area contributed by atoms with E-state index in [1.165, 1.54) is 6.07 Å². The van der Waals surface area contributed by atoms with Gasteiger partial charge in [0.1, 0.15) is 13.2 Å². The first kappa shape index (κ1) is 18.0. The van der Waals surface area contributed by atoms with Gasteiger partial charge >= 0.3 is 6.18 Å². The molecule has 0 heterocycles. The summed E-state index contributed by atoms with van der Waals surface area (Å²) in [5.41, 5.74) is 1.27. The fourth-order valence-corrected chi connectivity index (χ4v) is 1.79. The molecule has 4 nitrogen and oxygen atoms in total. The van der Waals surface area contributed by atoms with E-state index in [9.17, 15) is 18.0 Å². The number of benzene rings is 1. The highest BCUT2D eigenvalue weighted by molar-refractivity contribution is 5.92. The van der Waals surface area contributed by atoms with Crippen LogP contribution in [-0.4, -0.2) is 25.3 Å². The SMILES string of the molecule is CC(C)(C)c1cc(C#N)ccc1NC(=O)COCC(F)(F)F.